The molecule has 1 rings (SSSR count). The summed E-state index contributed by atoms with van der Waals surface area (Å²) in [5.41, 5.74) is 6.64. The normalized spacial score (nSPS) is 13.0. The molecule has 0 saturated heterocycles. The molecular formula is C13H21FN2O. The lowest BCUT2D eigenvalue weighted by atomic mass is 10.1. The van der Waals surface area contributed by atoms with Crippen LogP contribution in [-0.4, -0.2) is 38.3 Å². The Kier molecular flexibility index (Phi) is 6.11. The second-order valence-electron chi connectivity index (χ2n) is 4.33. The van der Waals surface area contributed by atoms with Crippen LogP contribution in [0, 0.1) is 5.82 Å². The van der Waals surface area contributed by atoms with Crippen LogP contribution in [0.1, 0.15) is 12.0 Å². The Morgan fingerprint density at radius 2 is 2.12 bits per heavy atom. The minimum atomic E-state index is -0.162. The minimum absolute atomic E-state index is 0.0618. The molecule has 0 saturated carbocycles. The van der Waals surface area contributed by atoms with Crippen molar-refractivity contribution in [3.63, 3.8) is 0 Å². The summed E-state index contributed by atoms with van der Waals surface area (Å²) in [4.78, 5) is 2.03. The number of benzene rings is 1. The smallest absolute Gasteiger partial charge is 0.127 e. The number of ether oxygens (including phenoxy) is 1. The van der Waals surface area contributed by atoms with Crippen molar-refractivity contribution in [1.82, 2.24) is 4.90 Å². The zero-order valence-corrected chi connectivity index (χ0v) is 10.5. The second kappa shape index (κ2) is 7.37. The number of hydrogen-bond acceptors (Lipinski definition) is 3. The molecular weight excluding hydrogens is 219 g/mol. The number of hydrogen-bond donors (Lipinski definition) is 1. The molecule has 0 aromatic heterocycles. The van der Waals surface area contributed by atoms with Gasteiger partial charge in [-0.15, -0.1) is 0 Å². The molecule has 0 radical (unpaired) electrons. The molecule has 1 aromatic carbocycles. The zero-order valence-electron chi connectivity index (χ0n) is 10.5. The van der Waals surface area contributed by atoms with Gasteiger partial charge in [-0.05, 0) is 19.5 Å². The predicted molar refractivity (Wildman–Crippen MR) is 67.2 cm³/mol. The third-order valence-electron chi connectivity index (χ3n) is 2.64. The first kappa shape index (κ1) is 14.1. The summed E-state index contributed by atoms with van der Waals surface area (Å²) >= 11 is 0. The lowest BCUT2D eigenvalue weighted by Crippen LogP contribution is -2.35. The van der Waals surface area contributed by atoms with Crippen molar-refractivity contribution in [1.29, 1.82) is 0 Å². The lowest BCUT2D eigenvalue weighted by Gasteiger charge is -2.21. The van der Waals surface area contributed by atoms with Crippen molar-refractivity contribution in [2.24, 2.45) is 5.73 Å². The molecule has 0 aliphatic carbocycles. The van der Waals surface area contributed by atoms with Crippen molar-refractivity contribution in [2.75, 3.05) is 27.3 Å². The van der Waals surface area contributed by atoms with Gasteiger partial charge in [-0.1, -0.05) is 18.2 Å². The number of methoxy groups -OCH3 is 1. The molecule has 0 heterocycles. The maximum absolute atomic E-state index is 13.4. The molecule has 17 heavy (non-hydrogen) atoms. The van der Waals surface area contributed by atoms with Gasteiger partial charge in [0, 0.05) is 38.4 Å². The standard InChI is InChI=1S/C13H21FN2O/c1-16(10-12(15)7-8-17-2)9-11-5-3-4-6-13(11)14/h3-6,12H,7-10,15H2,1-2H3. The van der Waals surface area contributed by atoms with Gasteiger partial charge < -0.3 is 15.4 Å². The van der Waals surface area contributed by atoms with Crippen molar-refractivity contribution in [3.05, 3.63) is 35.6 Å². The summed E-state index contributed by atoms with van der Waals surface area (Å²) in [6, 6.07) is 6.88. The highest BCUT2D eigenvalue weighted by molar-refractivity contribution is 5.16. The third kappa shape index (κ3) is 5.26. The second-order valence-corrected chi connectivity index (χ2v) is 4.33. The Hall–Kier alpha value is -0.970. The van der Waals surface area contributed by atoms with Crippen LogP contribution in [0.4, 0.5) is 4.39 Å². The van der Waals surface area contributed by atoms with Crippen molar-refractivity contribution in [3.8, 4) is 0 Å². The van der Waals surface area contributed by atoms with Crippen LogP contribution in [0.2, 0.25) is 0 Å². The first-order chi connectivity index (χ1) is 8.13. The lowest BCUT2D eigenvalue weighted by molar-refractivity contribution is 0.178. The molecule has 0 fully saturated rings. The fourth-order valence-electron chi connectivity index (χ4n) is 1.74. The maximum atomic E-state index is 13.4. The van der Waals surface area contributed by atoms with Crippen LogP contribution in [0.25, 0.3) is 0 Å². The van der Waals surface area contributed by atoms with E-state index in [0.717, 1.165) is 13.0 Å². The number of likely N-dealkylation sites (N-methyl/N-ethyl adjacent to an activating group) is 1. The average molecular weight is 240 g/mol. The molecule has 0 bridgehead atoms. The summed E-state index contributed by atoms with van der Waals surface area (Å²) in [5, 5.41) is 0. The van der Waals surface area contributed by atoms with Gasteiger partial charge in [0.05, 0.1) is 0 Å². The number of halogens is 1. The van der Waals surface area contributed by atoms with E-state index in [1.54, 1.807) is 19.2 Å². The molecule has 0 aliphatic rings. The molecule has 4 heteroatoms. The highest BCUT2D eigenvalue weighted by Crippen LogP contribution is 2.09. The largest absolute Gasteiger partial charge is 0.385 e. The Morgan fingerprint density at radius 1 is 1.41 bits per heavy atom. The van der Waals surface area contributed by atoms with Crippen molar-refractivity contribution >= 4 is 0 Å². The Morgan fingerprint density at radius 3 is 2.76 bits per heavy atom. The van der Waals surface area contributed by atoms with Crippen molar-refractivity contribution < 1.29 is 9.13 Å². The van der Waals surface area contributed by atoms with E-state index in [4.69, 9.17) is 10.5 Å². The van der Waals surface area contributed by atoms with Gasteiger partial charge in [0.1, 0.15) is 5.82 Å². The third-order valence-corrected chi connectivity index (χ3v) is 2.64. The van der Waals surface area contributed by atoms with Crippen LogP contribution in [0.15, 0.2) is 24.3 Å². The van der Waals surface area contributed by atoms with E-state index in [1.807, 2.05) is 18.0 Å². The average Bonchev–Trinajstić information content (AvgIpc) is 2.29. The van der Waals surface area contributed by atoms with Gasteiger partial charge >= 0.3 is 0 Å². The molecule has 0 spiro atoms. The number of nitrogens with zero attached hydrogens (tertiary/aromatic N) is 1. The van der Waals surface area contributed by atoms with E-state index in [-0.39, 0.29) is 11.9 Å². The quantitative estimate of drug-likeness (QED) is 0.787. The number of nitrogens with two attached hydrogens (primary N) is 1. The van der Waals surface area contributed by atoms with Gasteiger partial charge in [-0.25, -0.2) is 4.39 Å². The van der Waals surface area contributed by atoms with E-state index < -0.39 is 0 Å². The molecule has 1 aromatic rings. The summed E-state index contributed by atoms with van der Waals surface area (Å²) in [6.07, 6.45) is 0.818. The highest BCUT2D eigenvalue weighted by atomic mass is 19.1. The fraction of sp³-hybridized carbons (Fsp3) is 0.538. The first-order valence-corrected chi connectivity index (χ1v) is 5.80. The molecule has 1 unspecified atom stereocenters. The van der Waals surface area contributed by atoms with Crippen LogP contribution in [0.5, 0.6) is 0 Å². The molecule has 3 nitrogen and oxygen atoms in total. The summed E-state index contributed by atoms with van der Waals surface area (Å²) in [6.45, 7) is 1.97. The minimum Gasteiger partial charge on any atom is -0.385 e. The molecule has 1 atom stereocenters. The summed E-state index contributed by atoms with van der Waals surface area (Å²) < 4.78 is 18.4. The summed E-state index contributed by atoms with van der Waals surface area (Å²) in [7, 11) is 3.61. The number of rotatable bonds is 7. The van der Waals surface area contributed by atoms with Crippen LogP contribution < -0.4 is 5.73 Å². The molecule has 96 valence electrons. The van der Waals surface area contributed by atoms with E-state index in [2.05, 4.69) is 0 Å². The van der Waals surface area contributed by atoms with Crippen LogP contribution in [0.3, 0.4) is 0 Å². The van der Waals surface area contributed by atoms with E-state index >= 15 is 0 Å². The van der Waals surface area contributed by atoms with Gasteiger partial charge in [-0.3, -0.25) is 0 Å². The SMILES string of the molecule is COCCC(N)CN(C)Cc1ccccc1F. The molecule has 0 amide bonds. The van der Waals surface area contributed by atoms with E-state index in [1.165, 1.54) is 6.07 Å². The topological polar surface area (TPSA) is 38.5 Å². The zero-order chi connectivity index (χ0) is 12.7. The van der Waals surface area contributed by atoms with Gasteiger partial charge in [0.2, 0.25) is 0 Å². The van der Waals surface area contributed by atoms with Gasteiger partial charge in [0.25, 0.3) is 0 Å². The predicted octanol–water partition coefficient (Wildman–Crippen LogP) is 1.62. The highest BCUT2D eigenvalue weighted by Gasteiger charge is 2.09. The Bertz CT molecular complexity index is 333. The molecule has 2 N–H and O–H groups in total. The summed E-state index contributed by atoms with van der Waals surface area (Å²) in [5.74, 6) is -0.162. The van der Waals surface area contributed by atoms with E-state index in [0.29, 0.717) is 18.7 Å². The maximum Gasteiger partial charge on any atom is 0.127 e. The monoisotopic (exact) mass is 240 g/mol. The van der Waals surface area contributed by atoms with Gasteiger partial charge in [0.15, 0.2) is 0 Å². The van der Waals surface area contributed by atoms with E-state index in [9.17, 15) is 4.39 Å². The molecule has 0 aliphatic heterocycles. The van der Waals surface area contributed by atoms with Crippen molar-refractivity contribution in [2.45, 2.75) is 19.0 Å². The van der Waals surface area contributed by atoms with Crippen LogP contribution >= 0.6 is 0 Å². The Labute approximate surface area is 102 Å². The van der Waals surface area contributed by atoms with Gasteiger partial charge in [-0.2, -0.15) is 0 Å². The fourth-order valence-corrected chi connectivity index (χ4v) is 1.74. The van der Waals surface area contributed by atoms with Crippen LogP contribution in [-0.2, 0) is 11.3 Å². The first-order valence-electron chi connectivity index (χ1n) is 5.80. The Balaban J connectivity index is 2.39.